The predicted molar refractivity (Wildman–Crippen MR) is 111 cm³/mol. The van der Waals surface area contributed by atoms with E-state index in [0.29, 0.717) is 11.6 Å². The summed E-state index contributed by atoms with van der Waals surface area (Å²) in [5.41, 5.74) is 0.451. The van der Waals surface area contributed by atoms with Crippen molar-refractivity contribution in [2.45, 2.75) is 62.7 Å². The molecule has 32 heavy (non-hydrogen) atoms. The molecule has 2 aromatic rings. The lowest BCUT2D eigenvalue weighted by atomic mass is 9.97. The first-order chi connectivity index (χ1) is 15.2. The van der Waals surface area contributed by atoms with Crippen molar-refractivity contribution < 1.29 is 19.0 Å². The van der Waals surface area contributed by atoms with Gasteiger partial charge in [0, 0.05) is 31.8 Å². The summed E-state index contributed by atoms with van der Waals surface area (Å²) in [6.45, 7) is 3.98. The van der Waals surface area contributed by atoms with Gasteiger partial charge in [-0.1, -0.05) is 0 Å². The molecule has 1 saturated carbocycles. The summed E-state index contributed by atoms with van der Waals surface area (Å²) < 4.78 is 21.2. The van der Waals surface area contributed by atoms with E-state index in [2.05, 4.69) is 15.4 Å². The number of rotatable bonds is 5. The lowest BCUT2D eigenvalue weighted by molar-refractivity contribution is -0.153. The minimum atomic E-state index is -0.878. The molecule has 2 saturated heterocycles. The number of H-pyrrole nitrogens is 1. The number of carbonyl (C=O) groups excluding carboxylic acids is 1. The molecule has 0 spiro atoms. The molecule has 1 amide bonds. The van der Waals surface area contributed by atoms with E-state index in [0.717, 1.165) is 18.5 Å². The van der Waals surface area contributed by atoms with E-state index < -0.39 is 41.4 Å². The van der Waals surface area contributed by atoms with Gasteiger partial charge < -0.3 is 19.5 Å². The van der Waals surface area contributed by atoms with Gasteiger partial charge >= 0.3 is 5.69 Å². The molecule has 3 fully saturated rings. The molecule has 2 aromatic heterocycles. The number of aromatic amines is 1. The van der Waals surface area contributed by atoms with Crippen molar-refractivity contribution in [1.29, 1.82) is 0 Å². The van der Waals surface area contributed by atoms with Gasteiger partial charge in [0.1, 0.15) is 24.0 Å². The summed E-state index contributed by atoms with van der Waals surface area (Å²) in [6.07, 6.45) is 2.21. The number of ether oxygens (including phenoxy) is 3. The van der Waals surface area contributed by atoms with Crippen LogP contribution >= 0.6 is 0 Å². The number of amides is 1. The first-order valence-corrected chi connectivity index (χ1v) is 10.8. The smallest absolute Gasteiger partial charge is 0.328 e. The van der Waals surface area contributed by atoms with Crippen LogP contribution in [-0.2, 0) is 21.3 Å². The first-order valence-electron chi connectivity index (χ1n) is 10.8. The Hall–Kier alpha value is -2.76. The molecule has 0 unspecified atom stereocenters. The fourth-order valence-electron chi connectivity index (χ4n) is 4.48. The zero-order valence-electron chi connectivity index (χ0n) is 18.2. The molecular formula is C21H27N5O6. The number of nitrogens with zero attached hydrogens (tertiary/aromatic N) is 3. The van der Waals surface area contributed by atoms with Crippen molar-refractivity contribution >= 4 is 5.91 Å². The van der Waals surface area contributed by atoms with Crippen LogP contribution in [0.2, 0.25) is 0 Å². The third-order valence-corrected chi connectivity index (χ3v) is 6.19. The van der Waals surface area contributed by atoms with E-state index in [1.54, 1.807) is 25.6 Å². The van der Waals surface area contributed by atoms with Crippen molar-refractivity contribution in [3.05, 3.63) is 50.6 Å². The maximum absolute atomic E-state index is 12.8. The molecule has 5 rings (SSSR count). The van der Waals surface area contributed by atoms with Crippen molar-refractivity contribution in [2.24, 2.45) is 7.05 Å². The molecule has 2 N–H and O–H groups in total. The molecule has 11 heteroatoms. The summed E-state index contributed by atoms with van der Waals surface area (Å²) in [5.74, 6) is -0.648. The van der Waals surface area contributed by atoms with Crippen LogP contribution in [0, 0.1) is 0 Å². The van der Waals surface area contributed by atoms with E-state index in [1.165, 1.54) is 16.8 Å². The fraction of sp³-hybridized carbons (Fsp3) is 0.619. The van der Waals surface area contributed by atoms with Crippen molar-refractivity contribution in [2.75, 3.05) is 13.2 Å². The van der Waals surface area contributed by atoms with Gasteiger partial charge in [0.05, 0.1) is 18.3 Å². The lowest BCUT2D eigenvalue weighted by Crippen LogP contribution is -2.54. The van der Waals surface area contributed by atoms with E-state index in [1.807, 2.05) is 6.07 Å². The Morgan fingerprint density at radius 3 is 2.75 bits per heavy atom. The highest BCUT2D eigenvalue weighted by molar-refractivity contribution is 5.92. The molecular weight excluding hydrogens is 418 g/mol. The predicted octanol–water partition coefficient (Wildman–Crippen LogP) is 0.0375. The molecule has 0 radical (unpaired) electrons. The van der Waals surface area contributed by atoms with Crippen LogP contribution in [0.1, 0.15) is 54.8 Å². The highest BCUT2D eigenvalue weighted by Crippen LogP contribution is 2.40. The van der Waals surface area contributed by atoms with Crippen LogP contribution in [0.15, 0.2) is 27.9 Å². The summed E-state index contributed by atoms with van der Waals surface area (Å²) in [5, 5.41) is 7.36. The number of aromatic nitrogens is 4. The van der Waals surface area contributed by atoms with Crippen LogP contribution in [0.5, 0.6) is 0 Å². The van der Waals surface area contributed by atoms with Crippen molar-refractivity contribution in [3.8, 4) is 0 Å². The van der Waals surface area contributed by atoms with Gasteiger partial charge in [-0.15, -0.1) is 0 Å². The third kappa shape index (κ3) is 3.91. The van der Waals surface area contributed by atoms with E-state index >= 15 is 0 Å². The van der Waals surface area contributed by atoms with Gasteiger partial charge in [-0.2, -0.15) is 5.10 Å². The van der Waals surface area contributed by atoms with Gasteiger partial charge in [0.2, 0.25) is 0 Å². The molecule has 4 atom stereocenters. The zero-order valence-corrected chi connectivity index (χ0v) is 18.2. The second-order valence-electron chi connectivity index (χ2n) is 9.08. The van der Waals surface area contributed by atoms with E-state index in [9.17, 15) is 14.4 Å². The Labute approximate surface area is 183 Å². The molecule has 1 aliphatic carbocycles. The highest BCUT2D eigenvalue weighted by atomic mass is 16.8. The number of hydrogen-bond donors (Lipinski definition) is 2. The van der Waals surface area contributed by atoms with Crippen LogP contribution in [-0.4, -0.2) is 62.5 Å². The van der Waals surface area contributed by atoms with Crippen LogP contribution in [0.4, 0.5) is 0 Å². The van der Waals surface area contributed by atoms with Gasteiger partial charge in [0.15, 0.2) is 5.79 Å². The van der Waals surface area contributed by atoms with E-state index in [4.69, 9.17) is 14.2 Å². The SMILES string of the molecule is Cn1nc(C2CC2)cc1C(=O)NC[C@H]1OC[C@@H](n2ccc(=O)[nH]c2=O)[C@@H]2OC(C)(C)O[C@@H]21. The summed E-state index contributed by atoms with van der Waals surface area (Å²) >= 11 is 0. The topological polar surface area (TPSA) is 129 Å². The van der Waals surface area contributed by atoms with Crippen molar-refractivity contribution in [3.63, 3.8) is 0 Å². The van der Waals surface area contributed by atoms with Gasteiger partial charge in [-0.3, -0.25) is 23.8 Å². The molecule has 0 bridgehead atoms. The Bertz CT molecular complexity index is 1150. The number of nitrogens with one attached hydrogen (secondary N) is 2. The Kier molecular flexibility index (Phi) is 5.06. The second kappa shape index (κ2) is 7.68. The molecule has 11 nitrogen and oxygen atoms in total. The maximum Gasteiger partial charge on any atom is 0.328 e. The standard InChI is InChI=1S/C21H27N5O6/c1-21(2)31-17-14(26-7-6-16(27)23-20(26)29)10-30-15(18(17)32-21)9-22-19(28)13-8-12(11-4-5-11)24-25(13)3/h6-8,11,14-15,17-18H,4-5,9-10H2,1-3H3,(H,22,28)(H,23,27,29)/t14-,15-,17+,18-/m1/s1. The molecule has 0 aromatic carbocycles. The van der Waals surface area contributed by atoms with Crippen LogP contribution in [0.25, 0.3) is 0 Å². The monoisotopic (exact) mass is 445 g/mol. The second-order valence-corrected chi connectivity index (χ2v) is 9.08. The van der Waals surface area contributed by atoms with Gasteiger partial charge in [0.25, 0.3) is 11.5 Å². The quantitative estimate of drug-likeness (QED) is 0.665. The summed E-state index contributed by atoms with van der Waals surface area (Å²) in [7, 11) is 1.76. The minimum absolute atomic E-state index is 0.171. The van der Waals surface area contributed by atoms with Crippen LogP contribution < -0.4 is 16.6 Å². The van der Waals surface area contributed by atoms with Gasteiger partial charge in [-0.25, -0.2) is 4.79 Å². The Balaban J connectivity index is 1.31. The maximum atomic E-state index is 12.8. The molecule has 172 valence electrons. The highest BCUT2D eigenvalue weighted by Gasteiger charge is 2.52. The fourth-order valence-corrected chi connectivity index (χ4v) is 4.48. The average molecular weight is 445 g/mol. The number of fused-ring (bicyclic) bond motifs is 1. The Morgan fingerprint density at radius 1 is 1.28 bits per heavy atom. The zero-order chi connectivity index (χ0) is 22.6. The number of aryl methyl sites for hydroxylation is 1. The third-order valence-electron chi connectivity index (χ3n) is 6.19. The average Bonchev–Trinajstić information content (AvgIpc) is 3.42. The summed E-state index contributed by atoms with van der Waals surface area (Å²) in [6, 6.07) is 2.65. The first kappa shape index (κ1) is 21.1. The largest absolute Gasteiger partial charge is 0.371 e. The van der Waals surface area contributed by atoms with Crippen molar-refractivity contribution in [1.82, 2.24) is 24.6 Å². The minimum Gasteiger partial charge on any atom is -0.371 e. The van der Waals surface area contributed by atoms with E-state index in [-0.39, 0.29) is 19.1 Å². The normalized spacial score (nSPS) is 29.0. The van der Waals surface area contributed by atoms with Gasteiger partial charge in [-0.05, 0) is 32.8 Å². The Morgan fingerprint density at radius 2 is 2.03 bits per heavy atom. The summed E-state index contributed by atoms with van der Waals surface area (Å²) in [4.78, 5) is 38.8. The lowest BCUT2D eigenvalue weighted by Gasteiger charge is -2.37. The number of carbonyl (C=O) groups is 1. The molecule has 4 heterocycles. The molecule has 2 aliphatic heterocycles. The number of hydrogen-bond acceptors (Lipinski definition) is 7. The van der Waals surface area contributed by atoms with Crippen LogP contribution in [0.3, 0.4) is 0 Å². The molecule has 3 aliphatic rings.